The molecule has 0 unspecified atom stereocenters. The van der Waals surface area contributed by atoms with Crippen LogP contribution in [0, 0.1) is 5.82 Å². The molecule has 0 saturated heterocycles. The average molecular weight is 243 g/mol. The number of benzene rings is 1. The van der Waals surface area contributed by atoms with Gasteiger partial charge in [-0.25, -0.2) is 9.18 Å². The van der Waals surface area contributed by atoms with Gasteiger partial charge >= 0.3 is 6.09 Å². The van der Waals surface area contributed by atoms with E-state index in [4.69, 9.17) is 14.2 Å². The van der Waals surface area contributed by atoms with Crippen molar-refractivity contribution in [2.24, 2.45) is 0 Å². The zero-order valence-corrected chi connectivity index (χ0v) is 9.66. The number of methoxy groups -OCH3 is 1. The van der Waals surface area contributed by atoms with Crippen molar-refractivity contribution < 1.29 is 23.4 Å². The van der Waals surface area contributed by atoms with E-state index in [-0.39, 0.29) is 13.2 Å². The Kier molecular flexibility index (Phi) is 5.06. The topological polar surface area (TPSA) is 56.8 Å². The summed E-state index contributed by atoms with van der Waals surface area (Å²) in [6.45, 7) is 0.260. The van der Waals surface area contributed by atoms with Crippen LogP contribution in [0.15, 0.2) is 18.2 Å². The minimum Gasteiger partial charge on any atom is -0.493 e. The molecule has 0 atom stereocenters. The van der Waals surface area contributed by atoms with E-state index in [9.17, 15) is 9.18 Å². The van der Waals surface area contributed by atoms with Crippen LogP contribution in [0.1, 0.15) is 0 Å². The smallest absolute Gasteiger partial charge is 0.406 e. The molecule has 0 fully saturated rings. The number of carbonyl (C=O) groups excluding carboxylic acids is 1. The molecule has 1 N–H and O–H groups in total. The Balaban J connectivity index is 2.43. The Morgan fingerprint density at radius 2 is 2.12 bits per heavy atom. The number of halogens is 1. The number of carbonyl (C=O) groups is 1. The van der Waals surface area contributed by atoms with Crippen molar-refractivity contribution in [1.29, 1.82) is 0 Å². The molecular formula is C11H14FNO4. The van der Waals surface area contributed by atoms with E-state index in [1.807, 2.05) is 0 Å². The lowest BCUT2D eigenvalue weighted by Gasteiger charge is -2.10. The summed E-state index contributed by atoms with van der Waals surface area (Å²) in [5, 5.41) is 2.30. The van der Waals surface area contributed by atoms with Crippen LogP contribution in [0.3, 0.4) is 0 Å². The largest absolute Gasteiger partial charge is 0.493 e. The number of rotatable bonds is 5. The molecule has 17 heavy (non-hydrogen) atoms. The molecule has 0 aliphatic heterocycles. The van der Waals surface area contributed by atoms with Crippen LogP contribution in [-0.4, -0.2) is 33.5 Å². The van der Waals surface area contributed by atoms with Gasteiger partial charge in [-0.1, -0.05) is 0 Å². The fourth-order valence-corrected chi connectivity index (χ4v) is 1.12. The van der Waals surface area contributed by atoms with Gasteiger partial charge in [-0.3, -0.25) is 0 Å². The number of hydrogen-bond donors (Lipinski definition) is 1. The first kappa shape index (κ1) is 13.1. The molecule has 1 aromatic carbocycles. The van der Waals surface area contributed by atoms with E-state index < -0.39 is 11.9 Å². The van der Waals surface area contributed by atoms with E-state index in [2.05, 4.69) is 5.32 Å². The fourth-order valence-electron chi connectivity index (χ4n) is 1.12. The van der Waals surface area contributed by atoms with E-state index in [1.54, 1.807) is 0 Å². The van der Waals surface area contributed by atoms with Crippen LogP contribution in [0.2, 0.25) is 0 Å². The summed E-state index contributed by atoms with van der Waals surface area (Å²) in [7, 11) is 2.88. The standard InChI is InChI=1S/C11H14FNO4/c1-13-11(14)17-6-5-16-9-4-3-8(12)7-10(9)15-2/h3-4,7H,5-6H2,1-2H3,(H,13,14). The summed E-state index contributed by atoms with van der Waals surface area (Å²) < 4.78 is 27.8. The molecular weight excluding hydrogens is 229 g/mol. The quantitative estimate of drug-likeness (QED) is 0.797. The zero-order valence-electron chi connectivity index (χ0n) is 9.66. The van der Waals surface area contributed by atoms with Crippen LogP contribution < -0.4 is 14.8 Å². The summed E-state index contributed by atoms with van der Waals surface area (Å²) in [5.74, 6) is 0.287. The molecule has 0 aliphatic rings. The normalized spacial score (nSPS) is 9.59. The van der Waals surface area contributed by atoms with Crippen LogP contribution in [0.25, 0.3) is 0 Å². The second-order valence-corrected chi connectivity index (χ2v) is 3.03. The molecule has 1 amide bonds. The molecule has 0 spiro atoms. The SMILES string of the molecule is CNC(=O)OCCOc1ccc(F)cc1OC. The Labute approximate surface area is 98.5 Å². The number of alkyl carbamates (subject to hydrolysis) is 1. The van der Waals surface area contributed by atoms with E-state index in [0.717, 1.165) is 0 Å². The molecule has 0 saturated carbocycles. The van der Waals surface area contributed by atoms with Gasteiger partial charge in [-0.15, -0.1) is 0 Å². The van der Waals surface area contributed by atoms with Crippen molar-refractivity contribution in [2.45, 2.75) is 0 Å². The van der Waals surface area contributed by atoms with Crippen LogP contribution in [0.4, 0.5) is 9.18 Å². The monoisotopic (exact) mass is 243 g/mol. The molecule has 0 heterocycles. The van der Waals surface area contributed by atoms with Gasteiger partial charge in [0.05, 0.1) is 7.11 Å². The first-order valence-corrected chi connectivity index (χ1v) is 4.98. The van der Waals surface area contributed by atoms with Gasteiger partial charge in [0.25, 0.3) is 0 Å². The molecule has 0 radical (unpaired) electrons. The fraction of sp³-hybridized carbons (Fsp3) is 0.364. The summed E-state index contributed by atoms with van der Waals surface area (Å²) in [4.78, 5) is 10.7. The highest BCUT2D eigenvalue weighted by molar-refractivity contribution is 5.66. The minimum atomic E-state index is -0.528. The highest BCUT2D eigenvalue weighted by Gasteiger charge is 2.06. The van der Waals surface area contributed by atoms with Crippen LogP contribution in [-0.2, 0) is 4.74 Å². The maximum Gasteiger partial charge on any atom is 0.406 e. The number of hydrogen-bond acceptors (Lipinski definition) is 4. The maximum atomic E-state index is 12.9. The predicted molar refractivity (Wildman–Crippen MR) is 58.9 cm³/mol. The summed E-state index contributed by atoms with van der Waals surface area (Å²) in [5.41, 5.74) is 0. The lowest BCUT2D eigenvalue weighted by Crippen LogP contribution is -2.21. The van der Waals surface area contributed by atoms with E-state index in [0.29, 0.717) is 11.5 Å². The molecule has 94 valence electrons. The Bertz CT molecular complexity index is 384. The van der Waals surface area contributed by atoms with Crippen molar-refractivity contribution in [1.82, 2.24) is 5.32 Å². The third-order valence-corrected chi connectivity index (χ3v) is 1.90. The zero-order chi connectivity index (χ0) is 12.7. The second kappa shape index (κ2) is 6.57. The summed E-state index contributed by atoms with van der Waals surface area (Å²) in [6, 6.07) is 3.93. The summed E-state index contributed by atoms with van der Waals surface area (Å²) >= 11 is 0. The lowest BCUT2D eigenvalue weighted by atomic mass is 10.3. The average Bonchev–Trinajstić information content (AvgIpc) is 2.35. The third kappa shape index (κ3) is 4.18. The van der Waals surface area contributed by atoms with Crippen molar-refractivity contribution in [3.8, 4) is 11.5 Å². The van der Waals surface area contributed by atoms with Crippen molar-refractivity contribution in [3.63, 3.8) is 0 Å². The molecule has 0 aromatic heterocycles. The Hall–Kier alpha value is -1.98. The Morgan fingerprint density at radius 1 is 1.35 bits per heavy atom. The first-order valence-electron chi connectivity index (χ1n) is 4.98. The second-order valence-electron chi connectivity index (χ2n) is 3.03. The maximum absolute atomic E-state index is 12.9. The predicted octanol–water partition coefficient (Wildman–Crippen LogP) is 1.57. The van der Waals surface area contributed by atoms with Gasteiger partial charge in [0.1, 0.15) is 19.0 Å². The van der Waals surface area contributed by atoms with Crippen LogP contribution >= 0.6 is 0 Å². The number of ether oxygens (including phenoxy) is 3. The van der Waals surface area contributed by atoms with Gasteiger partial charge in [-0.05, 0) is 12.1 Å². The van der Waals surface area contributed by atoms with Gasteiger partial charge in [0.2, 0.25) is 0 Å². The third-order valence-electron chi connectivity index (χ3n) is 1.90. The molecule has 1 rings (SSSR count). The number of nitrogens with one attached hydrogen (secondary N) is 1. The molecule has 6 heteroatoms. The van der Waals surface area contributed by atoms with Gasteiger partial charge in [0, 0.05) is 13.1 Å². The van der Waals surface area contributed by atoms with Crippen molar-refractivity contribution in [2.75, 3.05) is 27.4 Å². The lowest BCUT2D eigenvalue weighted by molar-refractivity contribution is 0.126. The first-order chi connectivity index (χ1) is 8.17. The molecule has 0 aliphatic carbocycles. The summed E-state index contributed by atoms with van der Waals surface area (Å²) in [6.07, 6.45) is -0.528. The molecule has 5 nitrogen and oxygen atoms in total. The van der Waals surface area contributed by atoms with Crippen LogP contribution in [0.5, 0.6) is 11.5 Å². The van der Waals surface area contributed by atoms with E-state index in [1.165, 1.54) is 32.4 Å². The number of amides is 1. The van der Waals surface area contributed by atoms with Crippen molar-refractivity contribution >= 4 is 6.09 Å². The molecule has 0 bridgehead atoms. The highest BCUT2D eigenvalue weighted by atomic mass is 19.1. The minimum absolute atomic E-state index is 0.0974. The van der Waals surface area contributed by atoms with Gasteiger partial charge in [0.15, 0.2) is 11.5 Å². The van der Waals surface area contributed by atoms with E-state index >= 15 is 0 Å². The molecule has 1 aromatic rings. The van der Waals surface area contributed by atoms with Crippen molar-refractivity contribution in [3.05, 3.63) is 24.0 Å². The Morgan fingerprint density at radius 3 is 2.76 bits per heavy atom. The highest BCUT2D eigenvalue weighted by Crippen LogP contribution is 2.27. The van der Waals surface area contributed by atoms with Gasteiger partial charge in [-0.2, -0.15) is 0 Å². The van der Waals surface area contributed by atoms with Gasteiger partial charge < -0.3 is 19.5 Å².